The van der Waals surface area contributed by atoms with Crippen molar-refractivity contribution in [1.29, 1.82) is 0 Å². The van der Waals surface area contributed by atoms with Gasteiger partial charge in [0.05, 0.1) is 30.0 Å². The molecule has 1 amide bonds. The van der Waals surface area contributed by atoms with E-state index in [0.29, 0.717) is 30.0 Å². The minimum Gasteiger partial charge on any atom is -0.354 e. The molecule has 0 aromatic carbocycles. The van der Waals surface area contributed by atoms with Gasteiger partial charge in [-0.2, -0.15) is 18.3 Å². The van der Waals surface area contributed by atoms with Crippen molar-refractivity contribution < 1.29 is 22.5 Å². The molecule has 1 N–H and O–H groups in total. The molecule has 1 aliphatic carbocycles. The average molecular weight is 434 g/mol. The van der Waals surface area contributed by atoms with E-state index in [0.717, 1.165) is 0 Å². The molecule has 3 heterocycles. The van der Waals surface area contributed by atoms with Crippen molar-refractivity contribution in [3.63, 3.8) is 0 Å². The Morgan fingerprint density at radius 2 is 2.00 bits per heavy atom. The third kappa shape index (κ3) is 4.75. The first-order valence-electron chi connectivity index (χ1n) is 9.96. The topological polar surface area (TPSA) is 98.7 Å². The normalized spacial score (nSPS) is 20.4. The molecule has 1 saturated carbocycles. The molecule has 31 heavy (non-hydrogen) atoms. The molecule has 0 bridgehead atoms. The maximum atomic E-state index is 12.9. The van der Waals surface area contributed by atoms with E-state index in [2.05, 4.69) is 25.5 Å². The lowest BCUT2D eigenvalue weighted by Gasteiger charge is -2.33. The highest BCUT2D eigenvalue weighted by molar-refractivity contribution is 6.03. The van der Waals surface area contributed by atoms with Gasteiger partial charge in [-0.25, -0.2) is 4.98 Å². The van der Waals surface area contributed by atoms with Crippen molar-refractivity contribution in [2.24, 2.45) is 11.8 Å². The van der Waals surface area contributed by atoms with E-state index in [1.54, 1.807) is 10.9 Å². The number of hydrogen-bond donors (Lipinski definition) is 1. The zero-order chi connectivity index (χ0) is 22.0. The Kier molecular flexibility index (Phi) is 5.75. The van der Waals surface area contributed by atoms with Crippen molar-refractivity contribution in [1.82, 2.24) is 24.9 Å². The zero-order valence-corrected chi connectivity index (χ0v) is 16.7. The van der Waals surface area contributed by atoms with Crippen LogP contribution in [-0.2, 0) is 0 Å². The number of hydrogen-bond acceptors (Lipinski definition) is 6. The van der Waals surface area contributed by atoms with Crippen LogP contribution in [0.2, 0.25) is 0 Å². The van der Waals surface area contributed by atoms with E-state index in [1.807, 2.05) is 6.92 Å². The van der Waals surface area contributed by atoms with Crippen LogP contribution in [0.3, 0.4) is 0 Å². The second-order valence-electron chi connectivity index (χ2n) is 7.72. The number of anilines is 1. The summed E-state index contributed by atoms with van der Waals surface area (Å²) < 4.78 is 45.5. The Bertz CT molecular complexity index is 1020. The minimum absolute atomic E-state index is 0.0739. The number of aromatic nitrogens is 5. The Morgan fingerprint density at radius 3 is 2.68 bits per heavy atom. The van der Waals surface area contributed by atoms with Gasteiger partial charge in [-0.3, -0.25) is 14.5 Å². The van der Waals surface area contributed by atoms with Crippen LogP contribution >= 0.6 is 0 Å². The Balaban J connectivity index is 1.36. The number of carbonyl (C=O) groups is 1. The summed E-state index contributed by atoms with van der Waals surface area (Å²) in [6.07, 6.45) is 4.85. The van der Waals surface area contributed by atoms with Crippen LogP contribution in [-0.4, -0.2) is 37.0 Å². The van der Waals surface area contributed by atoms with Crippen LogP contribution in [0.1, 0.15) is 49.1 Å². The van der Waals surface area contributed by atoms with Crippen LogP contribution in [0.15, 0.2) is 41.6 Å². The fraction of sp³-hybridized carbons (Fsp3) is 0.450. The number of alkyl halides is 3. The van der Waals surface area contributed by atoms with Gasteiger partial charge in [0.15, 0.2) is 11.5 Å². The molecule has 1 fully saturated rings. The van der Waals surface area contributed by atoms with Crippen molar-refractivity contribution in [3.05, 3.63) is 42.7 Å². The van der Waals surface area contributed by atoms with Crippen molar-refractivity contribution >= 4 is 11.6 Å². The molecule has 3 aromatic rings. The lowest BCUT2D eigenvalue weighted by atomic mass is 9.78. The van der Waals surface area contributed by atoms with E-state index in [9.17, 15) is 18.0 Å². The third-order valence-corrected chi connectivity index (χ3v) is 5.75. The standard InChI is InChI=1S/C20H21F3N6O2/c1-12(13-2-4-14(5-3-13)20(21,22)23)29-11-15(9-26-29)27-19(30)16-8-18(31-28-16)17-10-24-6-7-25-17/h6-14H,2-5H2,1H3,(H,27,30). The van der Waals surface area contributed by atoms with Gasteiger partial charge in [0.25, 0.3) is 5.91 Å². The molecule has 8 nitrogen and oxygen atoms in total. The van der Waals surface area contributed by atoms with Gasteiger partial charge in [-0.15, -0.1) is 0 Å². The molecule has 0 spiro atoms. The van der Waals surface area contributed by atoms with Crippen molar-refractivity contribution in [3.8, 4) is 11.5 Å². The fourth-order valence-corrected chi connectivity index (χ4v) is 3.89. The van der Waals surface area contributed by atoms with Gasteiger partial charge in [0.2, 0.25) is 0 Å². The van der Waals surface area contributed by atoms with E-state index < -0.39 is 18.0 Å². The highest BCUT2D eigenvalue weighted by Gasteiger charge is 2.42. The number of halogens is 3. The van der Waals surface area contributed by atoms with Crippen molar-refractivity contribution in [2.45, 2.75) is 44.8 Å². The van der Waals surface area contributed by atoms with Gasteiger partial charge in [-0.05, 0) is 38.5 Å². The highest BCUT2D eigenvalue weighted by atomic mass is 19.4. The predicted octanol–water partition coefficient (Wildman–Crippen LogP) is 4.51. The van der Waals surface area contributed by atoms with Gasteiger partial charge in [0, 0.05) is 24.7 Å². The quantitative estimate of drug-likeness (QED) is 0.634. The Hall–Kier alpha value is -3.24. The Labute approximate surface area is 175 Å². The first-order valence-corrected chi connectivity index (χ1v) is 9.96. The second kappa shape index (κ2) is 8.48. The largest absolute Gasteiger partial charge is 0.391 e. The molecule has 0 radical (unpaired) electrons. The lowest BCUT2D eigenvalue weighted by molar-refractivity contribution is -0.184. The maximum absolute atomic E-state index is 12.9. The summed E-state index contributed by atoms with van der Waals surface area (Å²) in [7, 11) is 0. The molecule has 4 rings (SSSR count). The van der Waals surface area contributed by atoms with Crippen molar-refractivity contribution in [2.75, 3.05) is 5.32 Å². The summed E-state index contributed by atoms with van der Waals surface area (Å²) in [6.45, 7) is 1.93. The number of nitrogens with one attached hydrogen (secondary N) is 1. The van der Waals surface area contributed by atoms with E-state index in [1.165, 1.54) is 30.9 Å². The lowest BCUT2D eigenvalue weighted by Crippen LogP contribution is -2.30. The van der Waals surface area contributed by atoms with E-state index in [-0.39, 0.29) is 30.5 Å². The minimum atomic E-state index is -4.12. The zero-order valence-electron chi connectivity index (χ0n) is 16.7. The highest BCUT2D eigenvalue weighted by Crippen LogP contribution is 2.42. The molecule has 1 aliphatic rings. The van der Waals surface area contributed by atoms with Crippen LogP contribution in [0, 0.1) is 11.8 Å². The molecular formula is C20H21F3N6O2. The maximum Gasteiger partial charge on any atom is 0.391 e. The van der Waals surface area contributed by atoms with Crippen LogP contribution < -0.4 is 5.32 Å². The summed E-state index contributed by atoms with van der Waals surface area (Å²) in [5.74, 6) is -1.27. The molecule has 1 atom stereocenters. The molecular weight excluding hydrogens is 413 g/mol. The van der Waals surface area contributed by atoms with Crippen LogP contribution in [0.4, 0.5) is 18.9 Å². The molecule has 11 heteroatoms. The van der Waals surface area contributed by atoms with E-state index in [4.69, 9.17) is 4.52 Å². The number of amides is 1. The summed E-state index contributed by atoms with van der Waals surface area (Å²) >= 11 is 0. The van der Waals surface area contributed by atoms with Gasteiger partial charge >= 0.3 is 6.18 Å². The first-order chi connectivity index (χ1) is 14.8. The van der Waals surface area contributed by atoms with Gasteiger partial charge in [0.1, 0.15) is 5.69 Å². The summed E-state index contributed by atoms with van der Waals surface area (Å²) in [6, 6.07) is 1.39. The average Bonchev–Trinajstić information content (AvgIpc) is 3.43. The molecule has 164 valence electrons. The number of carbonyl (C=O) groups excluding carboxylic acids is 1. The number of rotatable bonds is 5. The molecule has 1 unspecified atom stereocenters. The first kappa shape index (κ1) is 21.0. The number of nitrogens with zero attached hydrogens (tertiary/aromatic N) is 5. The van der Waals surface area contributed by atoms with Gasteiger partial charge in [-0.1, -0.05) is 5.16 Å². The summed E-state index contributed by atoms with van der Waals surface area (Å²) in [5.41, 5.74) is 0.993. The smallest absolute Gasteiger partial charge is 0.354 e. The SMILES string of the molecule is CC(C1CCC(C(F)(F)F)CC1)n1cc(NC(=O)c2cc(-c3cnccn3)on2)cn1. The molecule has 0 aliphatic heterocycles. The predicted molar refractivity (Wildman–Crippen MR) is 104 cm³/mol. The van der Waals surface area contributed by atoms with Gasteiger partial charge < -0.3 is 9.84 Å². The second-order valence-corrected chi connectivity index (χ2v) is 7.72. The fourth-order valence-electron chi connectivity index (χ4n) is 3.89. The monoisotopic (exact) mass is 434 g/mol. The summed E-state index contributed by atoms with van der Waals surface area (Å²) in [4.78, 5) is 20.5. The molecule has 0 saturated heterocycles. The van der Waals surface area contributed by atoms with Crippen LogP contribution in [0.5, 0.6) is 0 Å². The third-order valence-electron chi connectivity index (χ3n) is 5.75. The Morgan fingerprint density at radius 1 is 1.23 bits per heavy atom. The molecule has 3 aromatic heterocycles. The van der Waals surface area contributed by atoms with Crippen LogP contribution in [0.25, 0.3) is 11.5 Å². The van der Waals surface area contributed by atoms with E-state index >= 15 is 0 Å². The summed E-state index contributed by atoms with van der Waals surface area (Å²) in [5, 5.41) is 10.7.